The number of aliphatic hydroxyl groups excluding tert-OH is 4. The summed E-state index contributed by atoms with van der Waals surface area (Å²) in [6, 6.07) is 14.9. The van der Waals surface area contributed by atoms with E-state index in [1.54, 1.807) is 0 Å². The van der Waals surface area contributed by atoms with Crippen LogP contribution in [-0.4, -0.2) is 58.1 Å². The molecule has 0 aliphatic carbocycles. The van der Waals surface area contributed by atoms with E-state index in [9.17, 15) is 20.4 Å². The van der Waals surface area contributed by atoms with Crippen molar-refractivity contribution < 1.29 is 29.9 Å². The van der Waals surface area contributed by atoms with Crippen molar-refractivity contribution in [2.75, 3.05) is 13.2 Å². The van der Waals surface area contributed by atoms with Crippen LogP contribution in [0, 0.1) is 0 Å². The standard InChI is InChI=1S/C25H28O6S/c1-2-14-6-8-15(9-7-14)12-16-4-3-5-17-18-10-11-30-25(24(18)32-22(16)17)23(29)21(28)20(27)19(13-26)31-25/h3-9,19-21,23,26-29H,2,10-13H2,1H3. The van der Waals surface area contributed by atoms with Crippen LogP contribution in [0.2, 0.25) is 0 Å². The van der Waals surface area contributed by atoms with Crippen LogP contribution in [0.4, 0.5) is 0 Å². The Hall–Kier alpha value is -1.84. The van der Waals surface area contributed by atoms with Crippen molar-refractivity contribution in [3.8, 4) is 0 Å². The summed E-state index contributed by atoms with van der Waals surface area (Å²) in [4.78, 5) is 0.699. The number of hydrogen-bond donors (Lipinski definition) is 4. The molecular formula is C25H28O6S. The normalized spacial score (nSPS) is 30.0. The van der Waals surface area contributed by atoms with Crippen molar-refractivity contribution in [3.05, 3.63) is 69.6 Å². The topological polar surface area (TPSA) is 99.4 Å². The Morgan fingerprint density at radius 2 is 1.78 bits per heavy atom. The first kappa shape index (κ1) is 22.0. The number of aliphatic hydroxyl groups is 4. The molecule has 5 unspecified atom stereocenters. The van der Waals surface area contributed by atoms with E-state index in [0.717, 1.165) is 28.5 Å². The minimum absolute atomic E-state index is 0.305. The minimum atomic E-state index is -1.61. The maximum atomic E-state index is 10.9. The average molecular weight is 457 g/mol. The van der Waals surface area contributed by atoms with Crippen molar-refractivity contribution in [2.24, 2.45) is 0 Å². The molecule has 1 aromatic heterocycles. The third-order valence-corrected chi connectivity index (χ3v) is 8.08. The van der Waals surface area contributed by atoms with E-state index in [1.165, 1.54) is 28.0 Å². The van der Waals surface area contributed by atoms with Gasteiger partial charge >= 0.3 is 0 Å². The fourth-order valence-corrected chi connectivity index (χ4v) is 6.31. The van der Waals surface area contributed by atoms with Gasteiger partial charge in [0.2, 0.25) is 5.79 Å². The van der Waals surface area contributed by atoms with Crippen LogP contribution in [0.5, 0.6) is 0 Å². The lowest BCUT2D eigenvalue weighted by atomic mass is 9.88. The molecule has 7 heteroatoms. The zero-order valence-electron chi connectivity index (χ0n) is 17.9. The molecule has 4 N–H and O–H groups in total. The van der Waals surface area contributed by atoms with Gasteiger partial charge in [0, 0.05) is 4.70 Å². The number of rotatable bonds is 4. The zero-order valence-corrected chi connectivity index (χ0v) is 18.7. The Morgan fingerprint density at radius 1 is 1.03 bits per heavy atom. The molecule has 2 aliphatic heterocycles. The molecule has 5 rings (SSSR count). The fraction of sp³-hybridized carbons (Fsp3) is 0.440. The number of aryl methyl sites for hydroxylation is 1. The van der Waals surface area contributed by atoms with Gasteiger partial charge in [0.05, 0.1) is 18.1 Å². The van der Waals surface area contributed by atoms with Crippen LogP contribution >= 0.6 is 11.3 Å². The highest BCUT2D eigenvalue weighted by Crippen LogP contribution is 2.49. The molecule has 3 heterocycles. The fourth-order valence-electron chi connectivity index (χ4n) is 4.83. The summed E-state index contributed by atoms with van der Waals surface area (Å²) in [5.74, 6) is -1.61. The Labute approximate surface area is 190 Å². The van der Waals surface area contributed by atoms with Crippen molar-refractivity contribution in [3.63, 3.8) is 0 Å². The zero-order chi connectivity index (χ0) is 22.5. The number of thiophene rings is 1. The molecule has 3 aromatic rings. The molecule has 170 valence electrons. The quantitative estimate of drug-likeness (QED) is 0.481. The second-order valence-corrected chi connectivity index (χ2v) is 9.60. The minimum Gasteiger partial charge on any atom is -0.394 e. The van der Waals surface area contributed by atoms with Gasteiger partial charge in [-0.15, -0.1) is 11.3 Å². The molecule has 0 saturated carbocycles. The maximum Gasteiger partial charge on any atom is 0.234 e. The van der Waals surface area contributed by atoms with Gasteiger partial charge in [-0.05, 0) is 46.9 Å². The Kier molecular flexibility index (Phi) is 5.84. The van der Waals surface area contributed by atoms with E-state index in [4.69, 9.17) is 9.47 Å². The number of benzene rings is 2. The van der Waals surface area contributed by atoms with E-state index in [2.05, 4.69) is 43.3 Å². The molecule has 1 spiro atoms. The highest BCUT2D eigenvalue weighted by atomic mass is 32.1. The number of ether oxygens (including phenoxy) is 2. The largest absolute Gasteiger partial charge is 0.394 e. The predicted octanol–water partition coefficient (Wildman–Crippen LogP) is 2.25. The summed E-state index contributed by atoms with van der Waals surface area (Å²) in [6.07, 6.45) is -2.98. The average Bonchev–Trinajstić information content (AvgIpc) is 3.22. The van der Waals surface area contributed by atoms with E-state index in [1.807, 2.05) is 6.07 Å². The first-order valence-electron chi connectivity index (χ1n) is 11.1. The molecule has 0 amide bonds. The molecule has 6 nitrogen and oxygen atoms in total. The van der Waals surface area contributed by atoms with Crippen molar-refractivity contribution >= 4 is 21.4 Å². The van der Waals surface area contributed by atoms with Gasteiger partial charge in [0.1, 0.15) is 24.4 Å². The number of fused-ring (bicyclic) bond motifs is 4. The van der Waals surface area contributed by atoms with E-state index >= 15 is 0 Å². The lowest BCUT2D eigenvalue weighted by molar-refractivity contribution is -0.374. The van der Waals surface area contributed by atoms with Gasteiger partial charge in [-0.1, -0.05) is 49.4 Å². The van der Waals surface area contributed by atoms with Crippen molar-refractivity contribution in [1.29, 1.82) is 0 Å². The highest BCUT2D eigenvalue weighted by molar-refractivity contribution is 7.19. The molecule has 0 radical (unpaired) electrons. The Morgan fingerprint density at radius 3 is 2.50 bits per heavy atom. The molecule has 2 aliphatic rings. The summed E-state index contributed by atoms with van der Waals surface area (Å²) in [5, 5.41) is 42.4. The maximum absolute atomic E-state index is 10.9. The van der Waals surface area contributed by atoms with Gasteiger partial charge in [-0.3, -0.25) is 0 Å². The SMILES string of the molecule is CCc1ccc(Cc2cccc3c4c(sc23)C2(OCC4)OC(CO)C(O)C(O)C2O)cc1. The summed E-state index contributed by atoms with van der Waals surface area (Å²) in [5.41, 5.74) is 4.73. The highest BCUT2D eigenvalue weighted by Gasteiger charge is 2.58. The van der Waals surface area contributed by atoms with Gasteiger partial charge in [0.15, 0.2) is 0 Å². The Bertz CT molecular complexity index is 1110. The molecule has 1 saturated heterocycles. The van der Waals surface area contributed by atoms with E-state index in [-0.39, 0.29) is 0 Å². The lowest BCUT2D eigenvalue weighted by Crippen LogP contribution is -2.65. The monoisotopic (exact) mass is 456 g/mol. The summed E-state index contributed by atoms with van der Waals surface area (Å²) in [7, 11) is 0. The second kappa shape index (κ2) is 8.50. The van der Waals surface area contributed by atoms with Crippen LogP contribution in [0.25, 0.3) is 10.1 Å². The number of hydrogen-bond acceptors (Lipinski definition) is 7. The van der Waals surface area contributed by atoms with Gasteiger partial charge in [-0.25, -0.2) is 0 Å². The molecule has 2 aromatic carbocycles. The van der Waals surface area contributed by atoms with Gasteiger partial charge in [-0.2, -0.15) is 0 Å². The van der Waals surface area contributed by atoms with Crippen LogP contribution in [0.15, 0.2) is 42.5 Å². The first-order chi connectivity index (χ1) is 15.5. The summed E-state index contributed by atoms with van der Waals surface area (Å²) < 4.78 is 13.0. The lowest BCUT2D eigenvalue weighted by Gasteiger charge is -2.49. The summed E-state index contributed by atoms with van der Waals surface area (Å²) >= 11 is 1.49. The second-order valence-electron chi connectivity index (χ2n) is 8.58. The van der Waals surface area contributed by atoms with Crippen LogP contribution in [-0.2, 0) is 34.5 Å². The predicted molar refractivity (Wildman–Crippen MR) is 122 cm³/mol. The van der Waals surface area contributed by atoms with Crippen LogP contribution < -0.4 is 0 Å². The third kappa shape index (κ3) is 3.40. The van der Waals surface area contributed by atoms with E-state index in [0.29, 0.717) is 17.9 Å². The summed E-state index contributed by atoms with van der Waals surface area (Å²) in [6.45, 7) is 1.96. The molecule has 0 bridgehead atoms. The Balaban J connectivity index is 1.59. The van der Waals surface area contributed by atoms with Gasteiger partial charge in [0.25, 0.3) is 0 Å². The van der Waals surface area contributed by atoms with Gasteiger partial charge < -0.3 is 29.9 Å². The van der Waals surface area contributed by atoms with E-state index < -0.39 is 36.8 Å². The van der Waals surface area contributed by atoms with Crippen molar-refractivity contribution in [2.45, 2.75) is 56.4 Å². The molecule has 5 atom stereocenters. The van der Waals surface area contributed by atoms with Crippen molar-refractivity contribution in [1.82, 2.24) is 0 Å². The first-order valence-corrected chi connectivity index (χ1v) is 11.9. The van der Waals surface area contributed by atoms with Crippen LogP contribution in [0.3, 0.4) is 0 Å². The molecule has 32 heavy (non-hydrogen) atoms. The smallest absolute Gasteiger partial charge is 0.234 e. The van der Waals surface area contributed by atoms with Crippen LogP contribution in [0.1, 0.15) is 34.1 Å². The molecular weight excluding hydrogens is 428 g/mol. The third-order valence-electron chi connectivity index (χ3n) is 6.66. The molecule has 1 fully saturated rings.